The van der Waals surface area contributed by atoms with Crippen molar-refractivity contribution in [2.75, 3.05) is 20.1 Å². The number of aryl methyl sites for hydroxylation is 1. The Bertz CT molecular complexity index is 384. The molecule has 2 rings (SSSR count). The van der Waals surface area contributed by atoms with Crippen molar-refractivity contribution >= 4 is 0 Å². The van der Waals surface area contributed by atoms with Crippen LogP contribution in [0.2, 0.25) is 0 Å². The minimum atomic E-state index is -0.133. The molecule has 1 aliphatic heterocycles. The summed E-state index contributed by atoms with van der Waals surface area (Å²) >= 11 is 0. The van der Waals surface area contributed by atoms with Crippen molar-refractivity contribution in [1.29, 1.82) is 0 Å². The lowest BCUT2D eigenvalue weighted by molar-refractivity contribution is 0.216. The average molecular weight is 250 g/mol. The summed E-state index contributed by atoms with van der Waals surface area (Å²) in [5, 5.41) is 3.43. The Morgan fingerprint density at radius 3 is 3.00 bits per heavy atom. The van der Waals surface area contributed by atoms with E-state index in [1.54, 1.807) is 6.07 Å². The molecule has 0 saturated carbocycles. The van der Waals surface area contributed by atoms with Crippen molar-refractivity contribution in [3.05, 3.63) is 35.1 Å². The molecular formula is C15H23FN2. The zero-order valence-electron chi connectivity index (χ0n) is 11.4. The molecule has 0 radical (unpaired) electrons. The standard InChI is InChI=1S/C15H23FN2/c1-12-5-6-14(16)10-13(12)11-18(2)15-4-3-8-17-9-7-15/h5-6,10,15,17H,3-4,7-9,11H2,1-2H3. The summed E-state index contributed by atoms with van der Waals surface area (Å²) < 4.78 is 13.3. The number of nitrogens with one attached hydrogen (secondary N) is 1. The van der Waals surface area contributed by atoms with Crippen molar-refractivity contribution in [3.8, 4) is 0 Å². The van der Waals surface area contributed by atoms with Gasteiger partial charge >= 0.3 is 0 Å². The van der Waals surface area contributed by atoms with Gasteiger partial charge in [-0.2, -0.15) is 0 Å². The minimum absolute atomic E-state index is 0.133. The SMILES string of the molecule is Cc1ccc(F)cc1CN(C)C1CCCNCC1. The molecule has 0 aromatic heterocycles. The summed E-state index contributed by atoms with van der Waals surface area (Å²) in [6, 6.07) is 5.69. The van der Waals surface area contributed by atoms with Crippen LogP contribution in [-0.2, 0) is 6.54 Å². The van der Waals surface area contributed by atoms with E-state index in [9.17, 15) is 4.39 Å². The highest BCUT2D eigenvalue weighted by molar-refractivity contribution is 5.26. The first-order valence-electron chi connectivity index (χ1n) is 6.83. The lowest BCUT2D eigenvalue weighted by Crippen LogP contribution is -2.32. The predicted octanol–water partition coefficient (Wildman–Crippen LogP) is 2.71. The third-order valence-corrected chi connectivity index (χ3v) is 3.90. The Morgan fingerprint density at radius 1 is 1.33 bits per heavy atom. The van der Waals surface area contributed by atoms with E-state index in [0.29, 0.717) is 6.04 Å². The molecule has 1 fully saturated rings. The highest BCUT2D eigenvalue weighted by Gasteiger charge is 2.17. The maximum Gasteiger partial charge on any atom is 0.123 e. The Kier molecular flexibility index (Phi) is 4.72. The number of nitrogens with zero attached hydrogens (tertiary/aromatic N) is 1. The Hall–Kier alpha value is -0.930. The van der Waals surface area contributed by atoms with Gasteiger partial charge in [0, 0.05) is 12.6 Å². The van der Waals surface area contributed by atoms with Crippen LogP contribution in [0.15, 0.2) is 18.2 Å². The second-order valence-electron chi connectivity index (χ2n) is 5.32. The largest absolute Gasteiger partial charge is 0.317 e. The van der Waals surface area contributed by atoms with E-state index in [4.69, 9.17) is 0 Å². The molecule has 1 atom stereocenters. The molecule has 1 unspecified atom stereocenters. The monoisotopic (exact) mass is 250 g/mol. The summed E-state index contributed by atoms with van der Waals surface area (Å²) in [6.07, 6.45) is 3.65. The molecule has 1 aliphatic rings. The molecule has 1 aromatic carbocycles. The molecule has 0 spiro atoms. The van der Waals surface area contributed by atoms with Crippen LogP contribution in [0.5, 0.6) is 0 Å². The molecule has 1 aromatic rings. The van der Waals surface area contributed by atoms with Crippen LogP contribution >= 0.6 is 0 Å². The molecule has 1 saturated heterocycles. The van der Waals surface area contributed by atoms with Crippen LogP contribution in [0.25, 0.3) is 0 Å². The van der Waals surface area contributed by atoms with Gasteiger partial charge in [0.15, 0.2) is 0 Å². The second kappa shape index (κ2) is 6.30. The van der Waals surface area contributed by atoms with Gasteiger partial charge in [-0.15, -0.1) is 0 Å². The molecule has 0 amide bonds. The van der Waals surface area contributed by atoms with Gasteiger partial charge < -0.3 is 5.32 Å². The van der Waals surface area contributed by atoms with Crippen LogP contribution in [-0.4, -0.2) is 31.1 Å². The Morgan fingerprint density at radius 2 is 2.17 bits per heavy atom. The zero-order valence-corrected chi connectivity index (χ0v) is 11.4. The van der Waals surface area contributed by atoms with E-state index < -0.39 is 0 Å². The molecule has 18 heavy (non-hydrogen) atoms. The zero-order chi connectivity index (χ0) is 13.0. The molecule has 1 heterocycles. The van der Waals surface area contributed by atoms with Crippen LogP contribution < -0.4 is 5.32 Å². The van der Waals surface area contributed by atoms with Crippen LogP contribution in [0.4, 0.5) is 4.39 Å². The Labute approximate surface area is 109 Å². The number of halogens is 1. The van der Waals surface area contributed by atoms with Crippen molar-refractivity contribution < 1.29 is 4.39 Å². The molecule has 1 N–H and O–H groups in total. The van der Waals surface area contributed by atoms with Gasteiger partial charge in [0.1, 0.15) is 5.82 Å². The number of benzene rings is 1. The fourth-order valence-electron chi connectivity index (χ4n) is 2.65. The first kappa shape index (κ1) is 13.5. The van der Waals surface area contributed by atoms with E-state index in [2.05, 4.69) is 24.2 Å². The van der Waals surface area contributed by atoms with Crippen LogP contribution in [0.1, 0.15) is 30.4 Å². The smallest absolute Gasteiger partial charge is 0.123 e. The quantitative estimate of drug-likeness (QED) is 0.887. The van der Waals surface area contributed by atoms with E-state index in [0.717, 1.165) is 25.2 Å². The minimum Gasteiger partial charge on any atom is -0.317 e. The van der Waals surface area contributed by atoms with E-state index in [-0.39, 0.29) is 5.82 Å². The fraction of sp³-hybridized carbons (Fsp3) is 0.600. The summed E-state index contributed by atoms with van der Waals surface area (Å²) in [5.74, 6) is -0.133. The second-order valence-corrected chi connectivity index (χ2v) is 5.32. The molecule has 0 aliphatic carbocycles. The van der Waals surface area contributed by atoms with Crippen molar-refractivity contribution in [1.82, 2.24) is 10.2 Å². The van der Waals surface area contributed by atoms with Crippen LogP contribution in [0, 0.1) is 12.7 Å². The van der Waals surface area contributed by atoms with Crippen molar-refractivity contribution in [2.24, 2.45) is 0 Å². The predicted molar refractivity (Wildman–Crippen MR) is 73.1 cm³/mol. The Balaban J connectivity index is 2.00. The normalized spacial score (nSPS) is 21.0. The lowest BCUT2D eigenvalue weighted by Gasteiger charge is -2.27. The average Bonchev–Trinajstić information content (AvgIpc) is 2.62. The highest BCUT2D eigenvalue weighted by atomic mass is 19.1. The maximum atomic E-state index is 13.3. The summed E-state index contributed by atoms with van der Waals surface area (Å²) in [5.41, 5.74) is 2.28. The van der Waals surface area contributed by atoms with E-state index in [1.165, 1.54) is 30.9 Å². The highest BCUT2D eigenvalue weighted by Crippen LogP contribution is 2.17. The number of hydrogen-bond acceptors (Lipinski definition) is 2. The molecule has 0 bridgehead atoms. The lowest BCUT2D eigenvalue weighted by atomic mass is 10.0. The van der Waals surface area contributed by atoms with Gasteiger partial charge in [0.05, 0.1) is 0 Å². The van der Waals surface area contributed by atoms with E-state index >= 15 is 0 Å². The maximum absolute atomic E-state index is 13.3. The van der Waals surface area contributed by atoms with Gasteiger partial charge in [-0.25, -0.2) is 4.39 Å². The molecule has 100 valence electrons. The molecule has 2 nitrogen and oxygen atoms in total. The topological polar surface area (TPSA) is 15.3 Å². The van der Waals surface area contributed by atoms with Gasteiger partial charge in [-0.1, -0.05) is 6.07 Å². The summed E-state index contributed by atoms with van der Waals surface area (Å²) in [7, 11) is 2.15. The van der Waals surface area contributed by atoms with Gasteiger partial charge in [0.25, 0.3) is 0 Å². The third kappa shape index (κ3) is 3.53. The van der Waals surface area contributed by atoms with Gasteiger partial charge in [-0.3, -0.25) is 4.90 Å². The number of hydrogen-bond donors (Lipinski definition) is 1. The van der Waals surface area contributed by atoms with Gasteiger partial charge in [-0.05, 0) is 69.6 Å². The fourth-order valence-corrected chi connectivity index (χ4v) is 2.65. The molecular weight excluding hydrogens is 227 g/mol. The number of rotatable bonds is 3. The molecule has 3 heteroatoms. The van der Waals surface area contributed by atoms with Crippen molar-refractivity contribution in [2.45, 2.75) is 38.8 Å². The van der Waals surface area contributed by atoms with Crippen LogP contribution in [0.3, 0.4) is 0 Å². The first-order valence-corrected chi connectivity index (χ1v) is 6.83. The third-order valence-electron chi connectivity index (χ3n) is 3.90. The van der Waals surface area contributed by atoms with E-state index in [1.807, 2.05) is 6.07 Å². The summed E-state index contributed by atoms with van der Waals surface area (Å²) in [4.78, 5) is 2.37. The summed E-state index contributed by atoms with van der Waals surface area (Å²) in [6.45, 7) is 5.12. The van der Waals surface area contributed by atoms with Gasteiger partial charge in [0.2, 0.25) is 0 Å². The van der Waals surface area contributed by atoms with Crippen molar-refractivity contribution in [3.63, 3.8) is 0 Å². The first-order chi connectivity index (χ1) is 8.66.